The molecule has 1 fully saturated rings. The average Bonchev–Trinajstić information content (AvgIpc) is 2.30. The quantitative estimate of drug-likeness (QED) is 0.601. The molecule has 0 spiro atoms. The van der Waals surface area contributed by atoms with Crippen LogP contribution in [-0.2, 0) is 9.59 Å². The fourth-order valence-corrected chi connectivity index (χ4v) is 2.38. The van der Waals surface area contributed by atoms with Crippen LogP contribution < -0.4 is 16.8 Å². The molecule has 1 unspecified atom stereocenters. The summed E-state index contributed by atoms with van der Waals surface area (Å²) in [5.74, 6) is 0.0432. The summed E-state index contributed by atoms with van der Waals surface area (Å²) < 4.78 is 0. The minimum Gasteiger partial charge on any atom is -0.369 e. The van der Waals surface area contributed by atoms with Crippen molar-refractivity contribution in [3.05, 3.63) is 0 Å². The lowest BCUT2D eigenvalue weighted by molar-refractivity contribution is -0.124. The zero-order valence-corrected chi connectivity index (χ0v) is 11.9. The number of carbonyl (C=O) groups excluding carboxylic acids is 2. The molecule has 0 aromatic heterocycles. The van der Waals surface area contributed by atoms with Crippen LogP contribution in [0.2, 0.25) is 0 Å². The second-order valence-corrected chi connectivity index (χ2v) is 5.76. The molecule has 0 bridgehead atoms. The Morgan fingerprint density at radius 1 is 1.32 bits per heavy atom. The Balaban J connectivity index is 2.28. The van der Waals surface area contributed by atoms with Crippen molar-refractivity contribution in [2.75, 3.05) is 19.6 Å². The summed E-state index contributed by atoms with van der Waals surface area (Å²) in [6.07, 6.45) is 2.38. The zero-order chi connectivity index (χ0) is 14.4. The lowest BCUT2D eigenvalue weighted by Gasteiger charge is -2.32. The van der Waals surface area contributed by atoms with E-state index in [9.17, 15) is 9.59 Å². The summed E-state index contributed by atoms with van der Waals surface area (Å²) in [6, 6.07) is -0.265. The normalized spacial score (nSPS) is 19.4. The van der Waals surface area contributed by atoms with E-state index in [0.29, 0.717) is 18.9 Å². The van der Waals surface area contributed by atoms with E-state index >= 15 is 0 Å². The lowest BCUT2D eigenvalue weighted by Crippen LogP contribution is -2.50. The molecule has 0 radical (unpaired) electrons. The molecule has 0 aliphatic carbocycles. The molecule has 6 nitrogen and oxygen atoms in total. The first-order valence-electron chi connectivity index (χ1n) is 6.95. The number of nitrogens with two attached hydrogens (primary N) is 2. The Morgan fingerprint density at radius 3 is 2.37 bits per heavy atom. The molecular weight excluding hydrogens is 244 g/mol. The first-order chi connectivity index (χ1) is 8.88. The van der Waals surface area contributed by atoms with Gasteiger partial charge in [-0.2, -0.15) is 0 Å². The number of hydrogen-bond donors (Lipinski definition) is 3. The van der Waals surface area contributed by atoms with E-state index in [1.807, 2.05) is 4.90 Å². The molecule has 0 saturated carbocycles. The molecule has 1 aliphatic rings. The summed E-state index contributed by atoms with van der Waals surface area (Å²) in [4.78, 5) is 24.7. The molecule has 5 N–H and O–H groups in total. The first-order valence-corrected chi connectivity index (χ1v) is 6.95. The van der Waals surface area contributed by atoms with Gasteiger partial charge >= 0.3 is 0 Å². The maximum absolute atomic E-state index is 11.9. The molecule has 0 aromatic carbocycles. The van der Waals surface area contributed by atoms with Crippen LogP contribution in [0.15, 0.2) is 0 Å². The predicted molar refractivity (Wildman–Crippen MR) is 74.2 cm³/mol. The largest absolute Gasteiger partial charge is 0.369 e. The minimum absolute atomic E-state index is 0.0675. The first kappa shape index (κ1) is 15.9. The van der Waals surface area contributed by atoms with Gasteiger partial charge in [0, 0.05) is 19.1 Å². The van der Waals surface area contributed by atoms with E-state index in [4.69, 9.17) is 11.5 Å². The highest BCUT2D eigenvalue weighted by atomic mass is 16.2. The van der Waals surface area contributed by atoms with Crippen molar-refractivity contribution < 1.29 is 9.59 Å². The number of amides is 2. The minimum atomic E-state index is -0.427. The Bertz CT molecular complexity index is 312. The number of nitrogens with one attached hydrogen (secondary N) is 1. The molecule has 1 rings (SSSR count). The Morgan fingerprint density at radius 2 is 1.89 bits per heavy atom. The molecule has 6 heteroatoms. The summed E-state index contributed by atoms with van der Waals surface area (Å²) in [7, 11) is 0. The summed E-state index contributed by atoms with van der Waals surface area (Å²) in [5, 5.41) is 2.99. The predicted octanol–water partition coefficient (Wildman–Crippen LogP) is -0.574. The molecule has 1 heterocycles. The van der Waals surface area contributed by atoms with E-state index < -0.39 is 6.04 Å². The molecule has 0 aromatic rings. The highest BCUT2D eigenvalue weighted by Crippen LogP contribution is 2.10. The van der Waals surface area contributed by atoms with Gasteiger partial charge in [0.1, 0.15) is 0 Å². The van der Waals surface area contributed by atoms with Gasteiger partial charge in [-0.05, 0) is 25.2 Å². The van der Waals surface area contributed by atoms with Gasteiger partial charge in [0.2, 0.25) is 11.8 Å². The van der Waals surface area contributed by atoms with Crippen LogP contribution in [0, 0.1) is 5.92 Å². The monoisotopic (exact) mass is 270 g/mol. The zero-order valence-electron chi connectivity index (χ0n) is 11.9. The van der Waals surface area contributed by atoms with Gasteiger partial charge in [0.05, 0.1) is 12.6 Å². The number of rotatable bonds is 6. The highest BCUT2D eigenvalue weighted by molar-refractivity contribution is 5.81. The second kappa shape index (κ2) is 7.45. The van der Waals surface area contributed by atoms with E-state index in [0.717, 1.165) is 25.9 Å². The molecule has 1 saturated heterocycles. The standard InChI is InChI=1S/C13H26N4O2/c1-9(2)7-11(14)13(19)16-10-3-5-17(6-4-10)8-12(15)18/h9-11H,3-8,14H2,1-2H3,(H2,15,18)(H,16,19). The van der Waals surface area contributed by atoms with Gasteiger partial charge in [0.25, 0.3) is 0 Å². The van der Waals surface area contributed by atoms with Crippen molar-refractivity contribution in [2.24, 2.45) is 17.4 Å². The van der Waals surface area contributed by atoms with E-state index in [1.165, 1.54) is 0 Å². The number of hydrogen-bond acceptors (Lipinski definition) is 4. The Hall–Kier alpha value is -1.14. The molecule has 2 amide bonds. The van der Waals surface area contributed by atoms with Gasteiger partial charge in [-0.25, -0.2) is 0 Å². The van der Waals surface area contributed by atoms with Crippen LogP contribution in [0.4, 0.5) is 0 Å². The average molecular weight is 270 g/mol. The maximum atomic E-state index is 11.9. The molecular formula is C13H26N4O2. The Labute approximate surface area is 114 Å². The van der Waals surface area contributed by atoms with Crippen molar-refractivity contribution in [3.63, 3.8) is 0 Å². The number of piperidine rings is 1. The van der Waals surface area contributed by atoms with Crippen LogP contribution in [0.5, 0.6) is 0 Å². The van der Waals surface area contributed by atoms with Crippen LogP contribution in [0.25, 0.3) is 0 Å². The lowest BCUT2D eigenvalue weighted by atomic mass is 10.0. The van der Waals surface area contributed by atoms with Crippen molar-refractivity contribution in [1.82, 2.24) is 10.2 Å². The third-order valence-corrected chi connectivity index (χ3v) is 3.38. The summed E-state index contributed by atoms with van der Waals surface area (Å²) in [5.41, 5.74) is 11.0. The highest BCUT2D eigenvalue weighted by Gasteiger charge is 2.23. The van der Waals surface area contributed by atoms with Gasteiger partial charge in [0.15, 0.2) is 0 Å². The van der Waals surface area contributed by atoms with Crippen molar-refractivity contribution >= 4 is 11.8 Å². The third-order valence-electron chi connectivity index (χ3n) is 3.38. The van der Waals surface area contributed by atoms with Crippen LogP contribution in [0.1, 0.15) is 33.1 Å². The molecule has 1 aliphatic heterocycles. The fourth-order valence-electron chi connectivity index (χ4n) is 2.38. The van der Waals surface area contributed by atoms with Crippen molar-refractivity contribution in [1.29, 1.82) is 0 Å². The van der Waals surface area contributed by atoms with Crippen LogP contribution in [-0.4, -0.2) is 48.4 Å². The van der Waals surface area contributed by atoms with E-state index in [2.05, 4.69) is 19.2 Å². The summed E-state index contributed by atoms with van der Waals surface area (Å²) in [6.45, 7) is 5.97. The number of primary amides is 1. The van der Waals surface area contributed by atoms with Gasteiger partial charge in [-0.3, -0.25) is 14.5 Å². The smallest absolute Gasteiger partial charge is 0.237 e. The van der Waals surface area contributed by atoms with Gasteiger partial charge < -0.3 is 16.8 Å². The molecule has 1 atom stereocenters. The fraction of sp³-hybridized carbons (Fsp3) is 0.846. The van der Waals surface area contributed by atoms with Crippen molar-refractivity contribution in [2.45, 2.75) is 45.2 Å². The molecule has 19 heavy (non-hydrogen) atoms. The van der Waals surface area contributed by atoms with E-state index in [-0.39, 0.29) is 17.9 Å². The SMILES string of the molecule is CC(C)CC(N)C(=O)NC1CCN(CC(N)=O)CC1. The van der Waals surface area contributed by atoms with Crippen LogP contribution >= 0.6 is 0 Å². The number of nitrogens with zero attached hydrogens (tertiary/aromatic N) is 1. The number of carbonyl (C=O) groups is 2. The summed E-state index contributed by atoms with van der Waals surface area (Å²) >= 11 is 0. The maximum Gasteiger partial charge on any atom is 0.237 e. The van der Waals surface area contributed by atoms with Crippen LogP contribution in [0.3, 0.4) is 0 Å². The number of likely N-dealkylation sites (tertiary alicyclic amines) is 1. The second-order valence-electron chi connectivity index (χ2n) is 5.76. The van der Waals surface area contributed by atoms with Gasteiger partial charge in [-0.15, -0.1) is 0 Å². The molecule has 110 valence electrons. The van der Waals surface area contributed by atoms with E-state index in [1.54, 1.807) is 0 Å². The van der Waals surface area contributed by atoms with Crippen molar-refractivity contribution in [3.8, 4) is 0 Å². The Kier molecular flexibility index (Phi) is 6.24. The van der Waals surface area contributed by atoms with Gasteiger partial charge in [-0.1, -0.05) is 13.8 Å². The third kappa shape index (κ3) is 6.02. The topological polar surface area (TPSA) is 101 Å².